The van der Waals surface area contributed by atoms with E-state index in [1.165, 1.54) is 0 Å². The minimum Gasteiger partial charge on any atom is -0.497 e. The molecule has 6 rings (SSSR count). The van der Waals surface area contributed by atoms with Gasteiger partial charge in [0.2, 0.25) is 0 Å². The van der Waals surface area contributed by atoms with Crippen LogP contribution >= 0.6 is 0 Å². The standard InChI is InChI=1S/C32H44N6O6/c1-6-42-26(39)10-7-19-11-22(12-19)33-16-21-13-24(29-28(21)43-32(2,3)44-29)38-18-37-27-30(35-17-36-31(27)38)34-15-20-8-9-23(40-4)14-25(20)41-5/h8-9,14,17-19,21-22,24,28-29,33H,6-7,10-13,15-16H2,1-5H3,(H,34,35,36)/t19?,21-,22?,24-,28-,29+/m1/s1. The van der Waals surface area contributed by atoms with Gasteiger partial charge in [-0.2, -0.15) is 0 Å². The normalized spacial score (nSPS) is 27.1. The number of carbonyl (C=O) groups is 1. The van der Waals surface area contributed by atoms with Crippen molar-refractivity contribution >= 4 is 23.0 Å². The number of nitrogens with zero attached hydrogens (tertiary/aromatic N) is 4. The van der Waals surface area contributed by atoms with Crippen LogP contribution < -0.4 is 20.1 Å². The third-order valence-corrected chi connectivity index (χ3v) is 9.17. The average molecular weight is 609 g/mol. The zero-order valence-corrected chi connectivity index (χ0v) is 26.2. The summed E-state index contributed by atoms with van der Waals surface area (Å²) in [5, 5.41) is 7.19. The molecule has 0 unspecified atom stereocenters. The average Bonchev–Trinajstić information content (AvgIpc) is 3.66. The van der Waals surface area contributed by atoms with Crippen LogP contribution in [0.2, 0.25) is 0 Å². The van der Waals surface area contributed by atoms with Crippen molar-refractivity contribution in [3.63, 3.8) is 0 Å². The Morgan fingerprint density at radius 2 is 1.91 bits per heavy atom. The lowest BCUT2D eigenvalue weighted by Gasteiger charge is -2.37. The van der Waals surface area contributed by atoms with E-state index in [2.05, 4.69) is 25.2 Å². The molecule has 1 saturated heterocycles. The monoisotopic (exact) mass is 608 g/mol. The SMILES string of the molecule is CCOC(=O)CCC1CC(NC[C@H]2C[C@@H](n3cnc4c(NCc5ccc(OC)cc5OC)ncnc43)[C@@H]3OC(C)(C)O[C@H]23)C1. The fourth-order valence-corrected chi connectivity index (χ4v) is 6.94. The second kappa shape index (κ2) is 12.9. The van der Waals surface area contributed by atoms with Crippen LogP contribution in [0.3, 0.4) is 0 Å². The third-order valence-electron chi connectivity index (χ3n) is 9.17. The van der Waals surface area contributed by atoms with Crippen molar-refractivity contribution < 1.29 is 28.5 Å². The molecule has 3 aromatic rings. The summed E-state index contributed by atoms with van der Waals surface area (Å²) in [6, 6.07) is 6.24. The molecule has 0 amide bonds. The molecule has 2 aromatic heterocycles. The predicted molar refractivity (Wildman–Crippen MR) is 164 cm³/mol. The molecule has 2 N–H and O–H groups in total. The van der Waals surface area contributed by atoms with E-state index in [9.17, 15) is 4.79 Å². The molecule has 4 atom stereocenters. The van der Waals surface area contributed by atoms with Gasteiger partial charge in [-0.1, -0.05) is 0 Å². The Balaban J connectivity index is 1.11. The number of benzene rings is 1. The zero-order valence-electron chi connectivity index (χ0n) is 26.2. The number of ether oxygens (including phenoxy) is 5. The maximum atomic E-state index is 11.7. The quantitative estimate of drug-likeness (QED) is 0.270. The molecule has 0 radical (unpaired) electrons. The van der Waals surface area contributed by atoms with E-state index in [-0.39, 0.29) is 30.1 Å². The summed E-state index contributed by atoms with van der Waals surface area (Å²) in [6.07, 6.45) is 7.77. The molecule has 2 saturated carbocycles. The Hall–Kier alpha value is -3.48. The first kappa shape index (κ1) is 30.5. The first-order chi connectivity index (χ1) is 21.3. The number of rotatable bonds is 13. The van der Waals surface area contributed by atoms with Gasteiger partial charge in [-0.05, 0) is 64.5 Å². The third kappa shape index (κ3) is 6.33. The summed E-state index contributed by atoms with van der Waals surface area (Å²) in [7, 11) is 3.28. The molecular weight excluding hydrogens is 564 g/mol. The van der Waals surface area contributed by atoms with Crippen LogP contribution in [-0.2, 0) is 25.5 Å². The van der Waals surface area contributed by atoms with Gasteiger partial charge in [-0.25, -0.2) is 15.0 Å². The summed E-state index contributed by atoms with van der Waals surface area (Å²) in [5.74, 6) is 2.25. The summed E-state index contributed by atoms with van der Waals surface area (Å²) in [6.45, 7) is 7.61. The van der Waals surface area contributed by atoms with Crippen LogP contribution in [0.4, 0.5) is 5.82 Å². The summed E-state index contributed by atoms with van der Waals surface area (Å²) in [4.78, 5) is 25.6. The molecule has 12 nitrogen and oxygen atoms in total. The number of fused-ring (bicyclic) bond motifs is 2. The van der Waals surface area contributed by atoms with E-state index in [0.29, 0.717) is 42.9 Å². The highest BCUT2D eigenvalue weighted by Crippen LogP contribution is 2.47. The number of aromatic nitrogens is 4. The molecule has 0 spiro atoms. The van der Waals surface area contributed by atoms with E-state index >= 15 is 0 Å². The van der Waals surface area contributed by atoms with Crippen molar-refractivity contribution in [3.05, 3.63) is 36.4 Å². The number of hydrogen-bond acceptors (Lipinski definition) is 11. The molecule has 3 heterocycles. The molecule has 238 valence electrons. The summed E-state index contributed by atoms with van der Waals surface area (Å²) in [5.41, 5.74) is 2.45. The lowest BCUT2D eigenvalue weighted by molar-refractivity contribution is -0.160. The minimum atomic E-state index is -0.656. The lowest BCUT2D eigenvalue weighted by Crippen LogP contribution is -2.44. The van der Waals surface area contributed by atoms with Crippen LogP contribution in [0.15, 0.2) is 30.9 Å². The van der Waals surface area contributed by atoms with E-state index in [1.54, 1.807) is 20.5 Å². The Bertz CT molecular complexity index is 1460. The Labute approximate surface area is 258 Å². The Kier molecular flexibility index (Phi) is 8.93. The molecule has 0 bridgehead atoms. The molecule has 3 aliphatic rings. The minimum absolute atomic E-state index is 0.0263. The van der Waals surface area contributed by atoms with Gasteiger partial charge in [0.1, 0.15) is 29.4 Å². The number of carbonyl (C=O) groups excluding carboxylic acids is 1. The molecule has 44 heavy (non-hydrogen) atoms. The van der Waals surface area contributed by atoms with Crippen molar-refractivity contribution in [2.75, 3.05) is 32.7 Å². The van der Waals surface area contributed by atoms with Gasteiger partial charge in [-0.3, -0.25) is 4.79 Å². The topological polar surface area (TPSA) is 131 Å². The molecule has 1 aromatic carbocycles. The van der Waals surface area contributed by atoms with Crippen molar-refractivity contribution in [2.45, 2.75) is 89.5 Å². The number of esters is 1. The van der Waals surface area contributed by atoms with E-state index in [4.69, 9.17) is 28.7 Å². The fourth-order valence-electron chi connectivity index (χ4n) is 6.94. The Morgan fingerprint density at radius 1 is 1.09 bits per heavy atom. The zero-order chi connectivity index (χ0) is 30.8. The second-order valence-electron chi connectivity index (χ2n) is 12.5. The molecule has 1 aliphatic heterocycles. The van der Waals surface area contributed by atoms with Gasteiger partial charge in [0.25, 0.3) is 0 Å². The van der Waals surface area contributed by atoms with Gasteiger partial charge >= 0.3 is 5.97 Å². The maximum absolute atomic E-state index is 11.7. The van der Waals surface area contributed by atoms with Crippen molar-refractivity contribution in [1.82, 2.24) is 24.8 Å². The number of nitrogens with one attached hydrogen (secondary N) is 2. The smallest absolute Gasteiger partial charge is 0.305 e. The summed E-state index contributed by atoms with van der Waals surface area (Å²) >= 11 is 0. The molecule has 12 heteroatoms. The fraction of sp³-hybridized carbons (Fsp3) is 0.625. The van der Waals surface area contributed by atoms with Gasteiger partial charge in [0, 0.05) is 43.1 Å². The highest BCUT2D eigenvalue weighted by Gasteiger charge is 2.54. The largest absolute Gasteiger partial charge is 0.497 e. The number of hydrogen-bond donors (Lipinski definition) is 2. The van der Waals surface area contributed by atoms with Crippen LogP contribution in [0, 0.1) is 11.8 Å². The number of anilines is 1. The van der Waals surface area contributed by atoms with Crippen molar-refractivity contribution in [2.24, 2.45) is 11.8 Å². The van der Waals surface area contributed by atoms with Crippen LogP contribution in [0.25, 0.3) is 11.2 Å². The van der Waals surface area contributed by atoms with E-state index < -0.39 is 5.79 Å². The molecule has 2 aliphatic carbocycles. The first-order valence-corrected chi connectivity index (χ1v) is 15.7. The van der Waals surface area contributed by atoms with Gasteiger partial charge in [0.05, 0.1) is 39.3 Å². The highest BCUT2D eigenvalue weighted by atomic mass is 16.8. The Morgan fingerprint density at radius 3 is 2.68 bits per heavy atom. The van der Waals surface area contributed by atoms with Crippen LogP contribution in [-0.4, -0.2) is 76.9 Å². The lowest BCUT2D eigenvalue weighted by atomic mass is 9.77. The number of methoxy groups -OCH3 is 2. The van der Waals surface area contributed by atoms with Gasteiger partial charge in [-0.15, -0.1) is 0 Å². The predicted octanol–water partition coefficient (Wildman–Crippen LogP) is 4.25. The van der Waals surface area contributed by atoms with E-state index in [1.807, 2.05) is 45.3 Å². The summed E-state index contributed by atoms with van der Waals surface area (Å²) < 4.78 is 31.0. The highest BCUT2D eigenvalue weighted by molar-refractivity contribution is 5.82. The molecule has 3 fully saturated rings. The van der Waals surface area contributed by atoms with Crippen molar-refractivity contribution in [3.8, 4) is 11.5 Å². The van der Waals surface area contributed by atoms with Gasteiger partial charge in [0.15, 0.2) is 17.3 Å². The van der Waals surface area contributed by atoms with Crippen LogP contribution in [0.1, 0.15) is 64.5 Å². The molecular formula is C32H44N6O6. The first-order valence-electron chi connectivity index (χ1n) is 15.7. The van der Waals surface area contributed by atoms with Crippen molar-refractivity contribution in [1.29, 1.82) is 0 Å². The second-order valence-corrected chi connectivity index (χ2v) is 12.5. The van der Waals surface area contributed by atoms with Gasteiger partial charge < -0.3 is 38.9 Å². The maximum Gasteiger partial charge on any atom is 0.305 e. The van der Waals surface area contributed by atoms with Crippen LogP contribution in [0.5, 0.6) is 11.5 Å². The van der Waals surface area contributed by atoms with E-state index in [0.717, 1.165) is 54.9 Å². The number of imidazole rings is 1.